The highest BCUT2D eigenvalue weighted by Crippen LogP contribution is 2.22. The van der Waals surface area contributed by atoms with Crippen molar-refractivity contribution in [3.8, 4) is 5.69 Å². The van der Waals surface area contributed by atoms with E-state index in [-0.39, 0.29) is 23.6 Å². The SMILES string of the molecule is Cc1cc(=O)c(C(=O)NCc2ccccn2)nn1-c1ccccc1[N+](=O)[O-]. The summed E-state index contributed by atoms with van der Waals surface area (Å²) in [6, 6.07) is 12.4. The third kappa shape index (κ3) is 3.87. The molecule has 0 bridgehead atoms. The van der Waals surface area contributed by atoms with E-state index in [0.717, 1.165) is 0 Å². The number of nitro groups is 1. The van der Waals surface area contributed by atoms with Gasteiger partial charge in [0.1, 0.15) is 5.69 Å². The van der Waals surface area contributed by atoms with Crippen LogP contribution in [-0.2, 0) is 6.54 Å². The fraction of sp³-hybridized carbons (Fsp3) is 0.111. The summed E-state index contributed by atoms with van der Waals surface area (Å²) in [6.45, 7) is 1.71. The fourth-order valence-corrected chi connectivity index (χ4v) is 2.50. The van der Waals surface area contributed by atoms with Gasteiger partial charge in [-0.3, -0.25) is 24.7 Å². The Morgan fingerprint density at radius 2 is 1.96 bits per heavy atom. The Morgan fingerprint density at radius 3 is 2.67 bits per heavy atom. The number of nitrogens with one attached hydrogen (secondary N) is 1. The molecule has 2 heterocycles. The summed E-state index contributed by atoms with van der Waals surface area (Å²) in [5, 5.41) is 17.9. The summed E-state index contributed by atoms with van der Waals surface area (Å²) in [4.78, 5) is 39.4. The first-order chi connectivity index (χ1) is 13.0. The first-order valence-corrected chi connectivity index (χ1v) is 8.00. The zero-order chi connectivity index (χ0) is 19.4. The van der Waals surface area contributed by atoms with E-state index in [2.05, 4.69) is 15.4 Å². The number of amides is 1. The van der Waals surface area contributed by atoms with Gasteiger partial charge in [0, 0.05) is 24.0 Å². The lowest BCUT2D eigenvalue weighted by Crippen LogP contribution is -2.32. The lowest BCUT2D eigenvalue weighted by molar-refractivity contribution is -0.384. The molecular formula is C18H15N5O4. The van der Waals surface area contributed by atoms with Gasteiger partial charge in [-0.1, -0.05) is 18.2 Å². The third-order valence-electron chi connectivity index (χ3n) is 3.79. The minimum absolute atomic E-state index is 0.125. The second-order valence-electron chi connectivity index (χ2n) is 5.66. The van der Waals surface area contributed by atoms with Crippen molar-refractivity contribution in [3.63, 3.8) is 0 Å². The molecule has 0 radical (unpaired) electrons. The Bertz CT molecular complexity index is 1060. The topological polar surface area (TPSA) is 120 Å². The highest BCUT2D eigenvalue weighted by molar-refractivity contribution is 5.92. The van der Waals surface area contributed by atoms with E-state index in [1.54, 1.807) is 37.4 Å². The highest BCUT2D eigenvalue weighted by atomic mass is 16.6. The molecule has 0 aliphatic carbocycles. The number of carbonyl (C=O) groups excluding carboxylic acids is 1. The van der Waals surface area contributed by atoms with Crippen LogP contribution >= 0.6 is 0 Å². The molecule has 0 fully saturated rings. The number of hydrogen-bond donors (Lipinski definition) is 1. The monoisotopic (exact) mass is 365 g/mol. The van der Waals surface area contributed by atoms with E-state index in [4.69, 9.17) is 0 Å². The van der Waals surface area contributed by atoms with E-state index in [1.807, 2.05) is 0 Å². The molecule has 9 heteroatoms. The van der Waals surface area contributed by atoms with Crippen molar-refractivity contribution < 1.29 is 9.72 Å². The molecule has 136 valence electrons. The number of aryl methyl sites for hydroxylation is 1. The minimum Gasteiger partial charge on any atom is -0.345 e. The van der Waals surface area contributed by atoms with Crippen molar-refractivity contribution in [2.75, 3.05) is 0 Å². The van der Waals surface area contributed by atoms with Gasteiger partial charge in [-0.2, -0.15) is 5.10 Å². The van der Waals surface area contributed by atoms with E-state index in [0.29, 0.717) is 11.4 Å². The number of benzene rings is 1. The number of rotatable bonds is 5. The van der Waals surface area contributed by atoms with Gasteiger partial charge in [-0.25, -0.2) is 4.68 Å². The van der Waals surface area contributed by atoms with Crippen LogP contribution in [0.1, 0.15) is 21.9 Å². The number of nitro benzene ring substituents is 1. The van der Waals surface area contributed by atoms with Gasteiger partial charge in [0.2, 0.25) is 5.43 Å². The lowest BCUT2D eigenvalue weighted by atomic mass is 10.2. The summed E-state index contributed by atoms with van der Waals surface area (Å²) in [7, 11) is 0. The van der Waals surface area contributed by atoms with E-state index >= 15 is 0 Å². The Morgan fingerprint density at radius 1 is 1.22 bits per heavy atom. The molecule has 27 heavy (non-hydrogen) atoms. The molecule has 0 aliphatic heterocycles. The number of hydrogen-bond acceptors (Lipinski definition) is 6. The average Bonchev–Trinajstić information content (AvgIpc) is 2.67. The number of para-hydroxylation sites is 2. The summed E-state index contributed by atoms with van der Waals surface area (Å²) >= 11 is 0. The molecule has 0 spiro atoms. The predicted molar refractivity (Wildman–Crippen MR) is 96.6 cm³/mol. The Labute approximate surface area is 153 Å². The normalized spacial score (nSPS) is 10.4. The van der Waals surface area contributed by atoms with Gasteiger partial charge in [-0.05, 0) is 25.1 Å². The molecule has 0 unspecified atom stereocenters. The smallest absolute Gasteiger partial charge is 0.294 e. The van der Waals surface area contributed by atoms with E-state index < -0.39 is 16.3 Å². The van der Waals surface area contributed by atoms with Crippen molar-refractivity contribution in [1.82, 2.24) is 20.1 Å². The average molecular weight is 365 g/mol. The van der Waals surface area contributed by atoms with Crippen LogP contribution < -0.4 is 10.7 Å². The van der Waals surface area contributed by atoms with Crippen molar-refractivity contribution >= 4 is 11.6 Å². The molecular weight excluding hydrogens is 350 g/mol. The second-order valence-corrected chi connectivity index (χ2v) is 5.66. The summed E-state index contributed by atoms with van der Waals surface area (Å²) < 4.78 is 1.22. The van der Waals surface area contributed by atoms with Crippen LogP contribution in [0.4, 0.5) is 5.69 Å². The Balaban J connectivity index is 1.96. The van der Waals surface area contributed by atoms with Gasteiger partial charge in [0.15, 0.2) is 5.69 Å². The maximum Gasteiger partial charge on any atom is 0.294 e. The van der Waals surface area contributed by atoms with Crippen molar-refractivity contribution in [2.45, 2.75) is 13.5 Å². The van der Waals surface area contributed by atoms with Crippen molar-refractivity contribution in [2.24, 2.45) is 0 Å². The fourth-order valence-electron chi connectivity index (χ4n) is 2.50. The Hall–Kier alpha value is -3.88. The molecule has 9 nitrogen and oxygen atoms in total. The zero-order valence-corrected chi connectivity index (χ0v) is 14.3. The van der Waals surface area contributed by atoms with Crippen molar-refractivity contribution in [3.05, 3.63) is 92.1 Å². The van der Waals surface area contributed by atoms with Crippen LogP contribution in [0.25, 0.3) is 5.69 Å². The number of pyridine rings is 1. The van der Waals surface area contributed by atoms with E-state index in [1.165, 1.54) is 28.9 Å². The van der Waals surface area contributed by atoms with Gasteiger partial charge >= 0.3 is 0 Å². The summed E-state index contributed by atoms with van der Waals surface area (Å²) in [5.41, 5.74) is 0.0541. The van der Waals surface area contributed by atoms with Crippen LogP contribution in [-0.4, -0.2) is 25.6 Å². The third-order valence-corrected chi connectivity index (χ3v) is 3.79. The van der Waals surface area contributed by atoms with Gasteiger partial charge in [-0.15, -0.1) is 0 Å². The number of aromatic nitrogens is 3. The zero-order valence-electron chi connectivity index (χ0n) is 14.3. The predicted octanol–water partition coefficient (Wildman–Crippen LogP) is 1.77. The molecule has 1 amide bonds. The van der Waals surface area contributed by atoms with Gasteiger partial charge in [0.25, 0.3) is 11.6 Å². The first kappa shape index (κ1) is 17.9. The number of carbonyl (C=O) groups is 1. The molecule has 1 N–H and O–H groups in total. The molecule has 3 aromatic rings. The molecule has 2 aromatic heterocycles. The van der Waals surface area contributed by atoms with E-state index in [9.17, 15) is 19.7 Å². The maximum absolute atomic E-state index is 12.4. The van der Waals surface area contributed by atoms with Gasteiger partial charge < -0.3 is 5.32 Å². The standard InChI is InChI=1S/C18H15N5O4/c1-12-10-16(24)17(18(25)20-11-13-6-4-5-9-19-13)21-22(12)14-7-2-3-8-15(14)23(26)27/h2-10H,11H2,1H3,(H,20,25). The van der Waals surface area contributed by atoms with Gasteiger partial charge in [0.05, 0.1) is 17.2 Å². The lowest BCUT2D eigenvalue weighted by Gasteiger charge is -2.11. The summed E-state index contributed by atoms with van der Waals surface area (Å²) in [6.07, 6.45) is 1.59. The molecule has 0 atom stereocenters. The maximum atomic E-state index is 12.4. The first-order valence-electron chi connectivity index (χ1n) is 8.00. The van der Waals surface area contributed by atoms with Crippen molar-refractivity contribution in [1.29, 1.82) is 0 Å². The van der Waals surface area contributed by atoms with Crippen LogP contribution in [0, 0.1) is 17.0 Å². The molecule has 1 aromatic carbocycles. The number of nitrogens with zero attached hydrogens (tertiary/aromatic N) is 4. The Kier molecular flexibility index (Phi) is 5.02. The molecule has 3 rings (SSSR count). The van der Waals surface area contributed by atoms with Crippen LogP contribution in [0.3, 0.4) is 0 Å². The molecule has 0 aliphatic rings. The molecule has 0 saturated heterocycles. The second kappa shape index (κ2) is 7.56. The van der Waals surface area contributed by atoms with Crippen LogP contribution in [0.15, 0.2) is 59.5 Å². The van der Waals surface area contributed by atoms with Crippen LogP contribution in [0.5, 0.6) is 0 Å². The largest absolute Gasteiger partial charge is 0.345 e. The molecule has 0 saturated carbocycles. The summed E-state index contributed by atoms with van der Waals surface area (Å²) in [5.74, 6) is -0.682. The highest BCUT2D eigenvalue weighted by Gasteiger charge is 2.20. The van der Waals surface area contributed by atoms with Crippen LogP contribution in [0.2, 0.25) is 0 Å². The minimum atomic E-state index is -0.682. The quantitative estimate of drug-likeness (QED) is 0.543.